The summed E-state index contributed by atoms with van der Waals surface area (Å²) >= 11 is 0. The van der Waals surface area contributed by atoms with E-state index in [4.69, 9.17) is 9.84 Å². The molecule has 0 radical (unpaired) electrons. The maximum absolute atomic E-state index is 13.7. The minimum Gasteiger partial charge on any atom is -0.425 e. The summed E-state index contributed by atoms with van der Waals surface area (Å²) in [5.41, 5.74) is -0.551. The van der Waals surface area contributed by atoms with Gasteiger partial charge in [0.1, 0.15) is 5.75 Å². The number of pyridine rings is 1. The third kappa shape index (κ3) is 4.93. The van der Waals surface area contributed by atoms with E-state index in [1.807, 2.05) is 0 Å². The molecule has 33 heavy (non-hydrogen) atoms. The average Bonchev–Trinajstić information content (AvgIpc) is 3.13. The molecule has 4 aromatic rings. The van der Waals surface area contributed by atoms with Gasteiger partial charge in [0.15, 0.2) is 22.8 Å². The summed E-state index contributed by atoms with van der Waals surface area (Å²) < 4.78 is 36.3. The molecule has 0 aliphatic heterocycles. The first-order chi connectivity index (χ1) is 15.4. The fourth-order valence-electron chi connectivity index (χ4n) is 3.25. The van der Waals surface area contributed by atoms with Gasteiger partial charge in [-0.05, 0) is 24.2 Å². The predicted molar refractivity (Wildman–Crippen MR) is 110 cm³/mol. The number of benzene rings is 1. The van der Waals surface area contributed by atoms with E-state index in [0.717, 1.165) is 16.7 Å². The molecule has 0 fully saturated rings. The molecule has 1 N–H and O–H groups in total. The smallest absolute Gasteiger partial charge is 0.332 e. The molecule has 170 valence electrons. The first-order valence-corrected chi connectivity index (χ1v) is 9.65. The molecule has 0 bridgehead atoms. The first-order valence-electron chi connectivity index (χ1n) is 9.65. The second-order valence-electron chi connectivity index (χ2n) is 6.96. The third-order valence-electron chi connectivity index (χ3n) is 4.83. The van der Waals surface area contributed by atoms with Crippen LogP contribution in [0.1, 0.15) is 12.1 Å². The zero-order valence-electron chi connectivity index (χ0n) is 17.5. The Kier molecular flexibility index (Phi) is 7.84. The maximum Gasteiger partial charge on any atom is 0.332 e. The van der Waals surface area contributed by atoms with Gasteiger partial charge in [0.25, 0.3) is 5.56 Å². The van der Waals surface area contributed by atoms with Crippen molar-refractivity contribution in [2.45, 2.75) is 19.5 Å². The topological polar surface area (TPSA) is 104 Å². The predicted octanol–water partition coefficient (Wildman–Crippen LogP) is 1.59. The molecule has 0 saturated heterocycles. The number of fused-ring (bicyclic) bond motifs is 1. The van der Waals surface area contributed by atoms with Crippen molar-refractivity contribution in [1.29, 1.82) is 0 Å². The van der Waals surface area contributed by atoms with Crippen LogP contribution in [0.4, 0.5) is 8.78 Å². The van der Waals surface area contributed by atoms with Gasteiger partial charge in [-0.1, -0.05) is 6.20 Å². The zero-order chi connectivity index (χ0) is 22.8. The van der Waals surface area contributed by atoms with Crippen LogP contribution in [0.15, 0.2) is 46.1 Å². The zero-order valence-corrected chi connectivity index (χ0v) is 21.6. The van der Waals surface area contributed by atoms with Crippen LogP contribution in [0.2, 0.25) is 0 Å². The van der Waals surface area contributed by atoms with Gasteiger partial charge < -0.3 is 9.84 Å². The minimum absolute atomic E-state index is 0. The van der Waals surface area contributed by atoms with Gasteiger partial charge >= 0.3 is 11.7 Å². The van der Waals surface area contributed by atoms with Gasteiger partial charge in [-0.25, -0.2) is 25.7 Å². The van der Waals surface area contributed by atoms with Crippen LogP contribution in [0, 0.1) is 48.8 Å². The maximum atomic E-state index is 13.7. The average molecular weight is 680 g/mol. The molecule has 0 amide bonds. The van der Waals surface area contributed by atoms with Gasteiger partial charge in [0.2, 0.25) is 0 Å². The van der Waals surface area contributed by atoms with Crippen molar-refractivity contribution in [3.8, 4) is 11.8 Å². The number of hydrogen-bond acceptors (Lipinski definition) is 6. The van der Waals surface area contributed by atoms with Gasteiger partial charge in [-0.15, -0.1) is 0 Å². The van der Waals surface area contributed by atoms with Crippen LogP contribution in [0.5, 0.6) is 11.8 Å². The molecule has 0 aliphatic carbocycles. The van der Waals surface area contributed by atoms with Crippen LogP contribution in [0.25, 0.3) is 11.2 Å². The first kappa shape index (κ1) is 24.8. The SMILES string of the molecule is Cn1c(=O)n(CCCO)c(=O)c2c1nc(Oc1ccc(F)c(F)c1)n2Cc1cc[c-]cn1.[U]. The molecule has 0 atom stereocenters. The van der Waals surface area contributed by atoms with Gasteiger partial charge in [-0.3, -0.25) is 23.5 Å². The number of ether oxygens (including phenoxy) is 1. The Morgan fingerprint density at radius 1 is 1.15 bits per heavy atom. The van der Waals surface area contributed by atoms with Crippen molar-refractivity contribution >= 4 is 11.2 Å². The van der Waals surface area contributed by atoms with Crippen molar-refractivity contribution in [3.05, 3.63) is 80.8 Å². The number of hydrogen-bond donors (Lipinski definition) is 1. The molecular weight excluding hydrogens is 662 g/mol. The van der Waals surface area contributed by atoms with E-state index < -0.39 is 22.9 Å². The molecular formula is C21H18F2N5O4U-. The second kappa shape index (κ2) is 10.4. The van der Waals surface area contributed by atoms with E-state index in [0.29, 0.717) is 5.69 Å². The normalized spacial score (nSPS) is 10.9. The van der Waals surface area contributed by atoms with E-state index in [9.17, 15) is 18.4 Å². The molecule has 0 saturated carbocycles. The Balaban J connectivity index is 0.00000306. The molecule has 1 aromatic carbocycles. The Hall–Kier alpha value is -2.81. The summed E-state index contributed by atoms with van der Waals surface area (Å²) in [6.07, 6.45) is 1.67. The largest absolute Gasteiger partial charge is 0.425 e. The number of aromatic nitrogens is 5. The van der Waals surface area contributed by atoms with Crippen LogP contribution in [-0.4, -0.2) is 35.4 Å². The molecule has 0 spiro atoms. The Labute approximate surface area is 209 Å². The van der Waals surface area contributed by atoms with E-state index in [2.05, 4.69) is 16.0 Å². The Bertz CT molecular complexity index is 1400. The van der Waals surface area contributed by atoms with Crippen LogP contribution in [0.3, 0.4) is 0 Å². The molecule has 0 aliphatic rings. The molecule has 3 heterocycles. The van der Waals surface area contributed by atoms with Gasteiger partial charge in [0.05, 0.1) is 6.54 Å². The van der Waals surface area contributed by atoms with E-state index in [1.165, 1.54) is 28.4 Å². The number of rotatable bonds is 7. The standard InChI is InChI=1S/C21H18F2N5O4.U/c1-26-18-17(19(30)27(21(26)31)9-4-10-29)28(12-13-5-2-3-8-24-13)20(25-18)32-14-6-7-15(22)16(23)11-14;/h2,5-8,11,29H,4,9-10,12H2,1H3;/q-1;. The van der Waals surface area contributed by atoms with E-state index >= 15 is 0 Å². The summed E-state index contributed by atoms with van der Waals surface area (Å²) in [4.78, 5) is 34.4. The monoisotopic (exact) mass is 680 g/mol. The van der Waals surface area contributed by atoms with Crippen molar-refractivity contribution < 1.29 is 49.7 Å². The Morgan fingerprint density at radius 3 is 2.61 bits per heavy atom. The number of aryl methyl sites for hydroxylation is 1. The van der Waals surface area contributed by atoms with Crippen LogP contribution >= 0.6 is 0 Å². The summed E-state index contributed by atoms with van der Waals surface area (Å²) in [5.74, 6) is -2.19. The van der Waals surface area contributed by atoms with Crippen molar-refractivity contribution in [2.24, 2.45) is 7.05 Å². The summed E-state index contributed by atoms with van der Waals surface area (Å²) in [5, 5.41) is 9.12. The fourth-order valence-corrected chi connectivity index (χ4v) is 3.25. The van der Waals surface area contributed by atoms with Gasteiger partial charge in [-0.2, -0.15) is 11.1 Å². The third-order valence-corrected chi connectivity index (χ3v) is 4.83. The van der Waals surface area contributed by atoms with E-state index in [1.54, 1.807) is 12.1 Å². The molecule has 0 unspecified atom stereocenters. The van der Waals surface area contributed by atoms with E-state index in [-0.39, 0.29) is 80.2 Å². The molecule has 12 heteroatoms. The number of aliphatic hydroxyl groups is 1. The van der Waals surface area contributed by atoms with Crippen molar-refractivity contribution in [3.63, 3.8) is 0 Å². The Morgan fingerprint density at radius 2 is 1.94 bits per heavy atom. The second-order valence-corrected chi connectivity index (χ2v) is 6.96. The number of nitrogens with zero attached hydrogens (tertiary/aromatic N) is 5. The van der Waals surface area contributed by atoms with Crippen molar-refractivity contribution in [1.82, 2.24) is 23.7 Å². The molecule has 4 rings (SSSR count). The number of aliphatic hydroxyl groups excluding tert-OH is 1. The summed E-state index contributed by atoms with van der Waals surface area (Å²) in [7, 11) is 1.45. The van der Waals surface area contributed by atoms with Crippen LogP contribution in [-0.2, 0) is 20.1 Å². The molecule has 3 aromatic heterocycles. The summed E-state index contributed by atoms with van der Waals surface area (Å²) in [6, 6.07) is 9.00. The van der Waals surface area contributed by atoms with Crippen LogP contribution < -0.4 is 16.0 Å². The molecule has 9 nitrogen and oxygen atoms in total. The summed E-state index contributed by atoms with van der Waals surface area (Å²) in [6.45, 7) is -0.125. The minimum atomic E-state index is -1.11. The van der Waals surface area contributed by atoms with Gasteiger partial charge in [0, 0.05) is 57.4 Å². The van der Waals surface area contributed by atoms with Crippen molar-refractivity contribution in [2.75, 3.05) is 6.61 Å². The number of imidazole rings is 1. The number of halogens is 2. The quantitative estimate of drug-likeness (QED) is 0.298. The fraction of sp³-hybridized carbons (Fsp3) is 0.238.